The number of hydrogen-bond acceptors (Lipinski definition) is 3. The molecule has 3 nitrogen and oxygen atoms in total. The van der Waals surface area contributed by atoms with E-state index in [0.29, 0.717) is 0 Å². The number of hydrogen-bond donors (Lipinski definition) is 1. The third kappa shape index (κ3) is 4.58. The number of fused-ring (bicyclic) bond motifs is 8. The van der Waals surface area contributed by atoms with E-state index in [9.17, 15) is 0 Å². The van der Waals surface area contributed by atoms with Crippen molar-refractivity contribution in [1.29, 1.82) is 0 Å². The Labute approximate surface area is 314 Å². The summed E-state index contributed by atoms with van der Waals surface area (Å²) >= 11 is 0. The maximum Gasteiger partial charge on any atom is 0.177 e. The molecule has 11 rings (SSSR count). The third-order valence-corrected chi connectivity index (χ3v) is 11.9. The van der Waals surface area contributed by atoms with Crippen LogP contribution in [0.1, 0.15) is 59.7 Å². The fourth-order valence-electron chi connectivity index (χ4n) is 9.61. The summed E-state index contributed by atoms with van der Waals surface area (Å²) in [6.45, 7) is 0. The Balaban J connectivity index is 1.23. The molecule has 0 radical (unpaired) electrons. The second-order valence-electron chi connectivity index (χ2n) is 14.9. The number of benzene rings is 7. The third-order valence-electron chi connectivity index (χ3n) is 11.9. The topological polar surface area (TPSA) is 37.5 Å². The molecule has 0 spiro atoms. The summed E-state index contributed by atoms with van der Waals surface area (Å²) in [5, 5.41) is 8.39. The van der Waals surface area contributed by atoms with Crippen LogP contribution in [0.2, 0.25) is 0 Å². The molecule has 7 aromatic carbocycles. The van der Waals surface area contributed by atoms with E-state index in [2.05, 4.69) is 163 Å². The zero-order valence-electron chi connectivity index (χ0n) is 29.9. The van der Waals surface area contributed by atoms with Crippen LogP contribution in [0.3, 0.4) is 0 Å². The number of para-hydroxylation sites is 1. The first-order chi connectivity index (χ1) is 26.8. The summed E-state index contributed by atoms with van der Waals surface area (Å²) in [5.74, 6) is 0. The van der Waals surface area contributed by atoms with Gasteiger partial charge in [0, 0.05) is 10.9 Å². The van der Waals surface area contributed by atoms with Crippen molar-refractivity contribution in [3.05, 3.63) is 214 Å². The van der Waals surface area contributed by atoms with Gasteiger partial charge in [-0.05, 0) is 105 Å². The van der Waals surface area contributed by atoms with Gasteiger partial charge in [0.15, 0.2) is 5.42 Å². The van der Waals surface area contributed by atoms with Crippen molar-refractivity contribution in [2.24, 2.45) is 4.99 Å². The van der Waals surface area contributed by atoms with E-state index >= 15 is 0 Å². The molecule has 1 aliphatic heterocycles. The zero-order chi connectivity index (χ0) is 35.6. The van der Waals surface area contributed by atoms with Crippen LogP contribution in [-0.4, -0.2) is 0 Å². The van der Waals surface area contributed by atoms with Gasteiger partial charge < -0.3 is 9.73 Å². The van der Waals surface area contributed by atoms with Crippen LogP contribution in [0.15, 0.2) is 185 Å². The molecule has 1 aromatic heterocycles. The zero-order valence-corrected chi connectivity index (χ0v) is 29.9. The van der Waals surface area contributed by atoms with Crippen LogP contribution >= 0.6 is 0 Å². The second-order valence-corrected chi connectivity index (χ2v) is 14.9. The van der Waals surface area contributed by atoms with Gasteiger partial charge in [-0.1, -0.05) is 151 Å². The molecule has 0 fully saturated rings. The number of furan rings is 1. The van der Waals surface area contributed by atoms with Crippen LogP contribution in [0.25, 0.3) is 49.7 Å². The fourth-order valence-corrected chi connectivity index (χ4v) is 9.61. The molecule has 1 N–H and O–H groups in total. The van der Waals surface area contributed by atoms with Crippen molar-refractivity contribution in [2.45, 2.75) is 37.3 Å². The van der Waals surface area contributed by atoms with E-state index in [1.54, 1.807) is 0 Å². The number of nitrogens with zero attached hydrogens (tertiary/aromatic N) is 1. The van der Waals surface area contributed by atoms with Crippen LogP contribution in [0.4, 0.5) is 0 Å². The molecule has 54 heavy (non-hydrogen) atoms. The molecule has 8 aromatic rings. The van der Waals surface area contributed by atoms with Crippen molar-refractivity contribution in [2.75, 3.05) is 0 Å². The van der Waals surface area contributed by atoms with Gasteiger partial charge in [-0.25, -0.2) is 0 Å². The Morgan fingerprint density at radius 1 is 0.630 bits per heavy atom. The largest absolute Gasteiger partial charge is 0.452 e. The van der Waals surface area contributed by atoms with Gasteiger partial charge >= 0.3 is 0 Å². The van der Waals surface area contributed by atoms with Gasteiger partial charge in [-0.2, -0.15) is 0 Å². The minimum atomic E-state index is -0.471. The lowest BCUT2D eigenvalue weighted by molar-refractivity contribution is 0.535. The first kappa shape index (κ1) is 31.1. The molecule has 0 bridgehead atoms. The summed E-state index contributed by atoms with van der Waals surface area (Å²) < 4.78 is 6.52. The highest BCUT2D eigenvalue weighted by Crippen LogP contribution is 2.62. The van der Waals surface area contributed by atoms with Crippen LogP contribution in [-0.2, 0) is 5.41 Å². The number of rotatable bonds is 5. The molecule has 2 heterocycles. The molecule has 2 aliphatic carbocycles. The smallest absolute Gasteiger partial charge is 0.177 e. The van der Waals surface area contributed by atoms with E-state index in [1.807, 2.05) is 12.1 Å². The van der Waals surface area contributed by atoms with Crippen LogP contribution in [0.5, 0.6) is 0 Å². The lowest BCUT2D eigenvalue weighted by Gasteiger charge is -2.38. The molecule has 0 saturated heterocycles. The summed E-state index contributed by atoms with van der Waals surface area (Å²) in [7, 11) is 0. The molecule has 258 valence electrons. The van der Waals surface area contributed by atoms with Crippen molar-refractivity contribution >= 4 is 27.4 Å². The Morgan fingerprint density at radius 3 is 2.11 bits per heavy atom. The van der Waals surface area contributed by atoms with Crippen LogP contribution < -0.4 is 16.1 Å². The lowest BCUT2D eigenvalue weighted by atomic mass is 9.63. The normalized spacial score (nSPS) is 18.7. The van der Waals surface area contributed by atoms with Crippen molar-refractivity contribution < 1.29 is 4.42 Å². The maximum atomic E-state index is 6.52. The van der Waals surface area contributed by atoms with Gasteiger partial charge in [0.25, 0.3) is 0 Å². The molecule has 0 saturated carbocycles. The fraction of sp³-hybridized carbons (Fsp3) is 0.118. The standard InChI is InChI=1S/C51H38N2O/c1-5-17-33(18-6-1)42-31-35-21-13-14-26-39(35)46-45(42)40-30-29-36(32-43(40)51(46,37-22-9-3-10-23-37)38-24-11-4-12-25-38)50-52-47(34-19-7-2-8-20-34)49-48(53-50)41-27-15-16-28-44(41)54-49/h1-3,5-10,13-24,26-32,50,52H,4,11-12,25H2. The van der Waals surface area contributed by atoms with E-state index < -0.39 is 5.41 Å². The van der Waals surface area contributed by atoms with Crippen LogP contribution in [0, 0.1) is 0 Å². The Morgan fingerprint density at radius 2 is 1.33 bits per heavy atom. The van der Waals surface area contributed by atoms with Gasteiger partial charge in [-0.15, -0.1) is 0 Å². The predicted octanol–water partition coefficient (Wildman–Crippen LogP) is 11.1. The Bertz CT molecular complexity index is 2910. The van der Waals surface area contributed by atoms with Crippen molar-refractivity contribution in [1.82, 2.24) is 5.32 Å². The molecular weight excluding hydrogens is 657 g/mol. The first-order valence-corrected chi connectivity index (χ1v) is 19.2. The SMILES string of the molecule is C1=C(C2(c3ccccc3)c3cc(C4N=c5c(oc6ccccc56)=C(c5ccccc5)N4)ccc3-c3c(-c4ccccc4)cc4ccccc4c32)CCCC1. The Kier molecular flexibility index (Phi) is 7.10. The van der Waals surface area contributed by atoms with E-state index in [0.717, 1.165) is 51.4 Å². The van der Waals surface area contributed by atoms with E-state index in [1.165, 1.54) is 68.1 Å². The molecule has 2 atom stereocenters. The second kappa shape index (κ2) is 12.3. The summed E-state index contributed by atoms with van der Waals surface area (Å²) in [4.78, 5) is 5.46. The predicted molar refractivity (Wildman–Crippen MR) is 220 cm³/mol. The minimum Gasteiger partial charge on any atom is -0.452 e. The highest BCUT2D eigenvalue weighted by molar-refractivity contribution is 6.06. The molecule has 0 amide bonds. The van der Waals surface area contributed by atoms with Crippen molar-refractivity contribution in [3.8, 4) is 22.3 Å². The van der Waals surface area contributed by atoms with Gasteiger partial charge in [-0.3, -0.25) is 4.99 Å². The lowest BCUT2D eigenvalue weighted by Crippen LogP contribution is -2.38. The summed E-state index contributed by atoms with van der Waals surface area (Å²) in [6, 6.07) is 59.7. The quantitative estimate of drug-likeness (QED) is 0.182. The van der Waals surface area contributed by atoms with Crippen molar-refractivity contribution in [3.63, 3.8) is 0 Å². The Hall–Kier alpha value is -6.45. The van der Waals surface area contributed by atoms with Gasteiger partial charge in [0.2, 0.25) is 0 Å². The minimum absolute atomic E-state index is 0.318. The molecule has 2 unspecified atom stereocenters. The molecular formula is C51H38N2O. The van der Waals surface area contributed by atoms with E-state index in [-0.39, 0.29) is 6.17 Å². The van der Waals surface area contributed by atoms with Gasteiger partial charge in [0.1, 0.15) is 17.1 Å². The number of nitrogens with one attached hydrogen (secondary N) is 1. The highest BCUT2D eigenvalue weighted by atomic mass is 16.3. The van der Waals surface area contributed by atoms with Gasteiger partial charge in [0.05, 0.1) is 11.1 Å². The summed E-state index contributed by atoms with van der Waals surface area (Å²) in [5.41, 5.74) is 15.1. The first-order valence-electron chi connectivity index (χ1n) is 19.2. The van der Waals surface area contributed by atoms with E-state index in [4.69, 9.17) is 9.41 Å². The summed E-state index contributed by atoms with van der Waals surface area (Å²) in [6.07, 6.45) is 6.82. The molecule has 3 heteroatoms. The average molecular weight is 695 g/mol. The monoisotopic (exact) mass is 694 g/mol. The highest BCUT2D eigenvalue weighted by Gasteiger charge is 2.49. The average Bonchev–Trinajstić information content (AvgIpc) is 3.78. The number of allylic oxidation sites excluding steroid dienone is 2. The maximum absolute atomic E-state index is 6.52. The molecule has 3 aliphatic rings.